The first kappa shape index (κ1) is 19.6. The first-order valence-electron chi connectivity index (χ1n) is 9.86. The van der Waals surface area contributed by atoms with E-state index < -0.39 is 0 Å². The van der Waals surface area contributed by atoms with Gasteiger partial charge in [-0.1, -0.05) is 30.7 Å². The van der Waals surface area contributed by atoms with Crippen molar-refractivity contribution in [3.05, 3.63) is 47.2 Å². The van der Waals surface area contributed by atoms with Crippen molar-refractivity contribution < 1.29 is 14.6 Å². The van der Waals surface area contributed by atoms with Crippen molar-refractivity contribution in [3.8, 4) is 0 Å². The first-order chi connectivity index (χ1) is 13.1. The van der Waals surface area contributed by atoms with Crippen LogP contribution in [0.5, 0.6) is 0 Å². The number of H-pyrrole nitrogens is 1. The number of para-hydroxylation sites is 1. The largest absolute Gasteiger partial charge is 0.463 e. The molecule has 1 aliphatic rings. The van der Waals surface area contributed by atoms with Crippen LogP contribution in [0.15, 0.2) is 35.9 Å². The van der Waals surface area contributed by atoms with Crippen molar-refractivity contribution >= 4 is 16.9 Å². The van der Waals surface area contributed by atoms with Gasteiger partial charge in [0.05, 0.1) is 12.6 Å². The highest BCUT2D eigenvalue weighted by molar-refractivity contribution is 5.85. The SMILES string of the molecule is CCOC(=O)/C=C1/C[C@@H](c2[nH]c3ccccc3c2CCO)N(C)C[C@@H]1CC. The molecule has 0 aliphatic carbocycles. The van der Waals surface area contributed by atoms with Crippen molar-refractivity contribution in [2.45, 2.75) is 39.2 Å². The van der Waals surface area contributed by atoms with Gasteiger partial charge in [-0.15, -0.1) is 0 Å². The number of carbonyl (C=O) groups is 1. The summed E-state index contributed by atoms with van der Waals surface area (Å²) in [6.07, 6.45) is 4.11. The zero-order chi connectivity index (χ0) is 19.4. The number of rotatable bonds is 6. The number of fused-ring (bicyclic) bond motifs is 1. The molecule has 1 aromatic carbocycles. The van der Waals surface area contributed by atoms with Crippen LogP contribution in [0.2, 0.25) is 0 Å². The minimum atomic E-state index is -0.249. The second-order valence-corrected chi connectivity index (χ2v) is 7.27. The summed E-state index contributed by atoms with van der Waals surface area (Å²) in [5, 5.41) is 10.8. The number of aromatic nitrogens is 1. The van der Waals surface area contributed by atoms with Crippen LogP contribution in [0, 0.1) is 5.92 Å². The molecule has 0 unspecified atom stereocenters. The Kier molecular flexibility index (Phi) is 6.34. The molecule has 0 bridgehead atoms. The van der Waals surface area contributed by atoms with Gasteiger partial charge in [0.25, 0.3) is 0 Å². The fourth-order valence-corrected chi connectivity index (χ4v) is 4.25. The number of ether oxygens (including phenoxy) is 1. The molecule has 2 aromatic rings. The quantitative estimate of drug-likeness (QED) is 0.602. The van der Waals surface area contributed by atoms with E-state index in [-0.39, 0.29) is 18.6 Å². The third-order valence-electron chi connectivity index (χ3n) is 5.62. The van der Waals surface area contributed by atoms with Gasteiger partial charge in [-0.05, 0) is 50.8 Å². The lowest BCUT2D eigenvalue weighted by atomic mass is 9.83. The van der Waals surface area contributed by atoms with E-state index in [1.54, 1.807) is 6.08 Å². The Morgan fingerprint density at radius 1 is 1.37 bits per heavy atom. The summed E-state index contributed by atoms with van der Waals surface area (Å²) < 4.78 is 5.15. The fourth-order valence-electron chi connectivity index (χ4n) is 4.25. The number of hydrogen-bond acceptors (Lipinski definition) is 4. The minimum Gasteiger partial charge on any atom is -0.463 e. The third kappa shape index (κ3) is 4.09. The molecule has 1 aromatic heterocycles. The van der Waals surface area contributed by atoms with Crippen molar-refractivity contribution in [2.24, 2.45) is 5.92 Å². The van der Waals surface area contributed by atoms with E-state index in [1.807, 2.05) is 19.1 Å². The van der Waals surface area contributed by atoms with E-state index in [0.29, 0.717) is 18.9 Å². The smallest absolute Gasteiger partial charge is 0.330 e. The number of aromatic amines is 1. The number of aliphatic hydroxyl groups excluding tert-OH is 1. The average Bonchev–Trinajstić information content (AvgIpc) is 3.02. The summed E-state index contributed by atoms with van der Waals surface area (Å²) in [6, 6.07) is 8.39. The fraction of sp³-hybridized carbons (Fsp3) is 0.500. The standard InChI is InChI=1S/C22H30N2O3/c1-4-15-14-24(3)20(12-16(15)13-21(26)27-5-2)22-18(10-11-25)17-8-6-7-9-19(17)23-22/h6-9,13,15,20,23,25H,4-5,10-12,14H2,1-3H3/b16-13-/t15-,20-/m0/s1. The number of aliphatic hydroxyl groups is 1. The highest BCUT2D eigenvalue weighted by atomic mass is 16.5. The lowest BCUT2D eigenvalue weighted by Crippen LogP contribution is -2.37. The maximum absolute atomic E-state index is 12.1. The summed E-state index contributed by atoms with van der Waals surface area (Å²) in [7, 11) is 2.14. The van der Waals surface area contributed by atoms with Crippen LogP contribution in [-0.2, 0) is 16.0 Å². The molecule has 1 aliphatic heterocycles. The highest BCUT2D eigenvalue weighted by Gasteiger charge is 2.32. The van der Waals surface area contributed by atoms with Crippen LogP contribution in [-0.4, -0.2) is 47.8 Å². The summed E-state index contributed by atoms with van der Waals surface area (Å²) in [5.74, 6) is 0.114. The van der Waals surface area contributed by atoms with Crippen molar-refractivity contribution in [1.82, 2.24) is 9.88 Å². The Balaban J connectivity index is 1.99. The molecule has 5 heteroatoms. The van der Waals surface area contributed by atoms with Crippen molar-refractivity contribution in [3.63, 3.8) is 0 Å². The zero-order valence-electron chi connectivity index (χ0n) is 16.5. The molecule has 2 heterocycles. The molecule has 3 rings (SSSR count). The van der Waals surface area contributed by atoms with E-state index in [1.165, 1.54) is 10.9 Å². The Morgan fingerprint density at radius 2 is 2.15 bits per heavy atom. The zero-order valence-corrected chi connectivity index (χ0v) is 16.5. The monoisotopic (exact) mass is 370 g/mol. The van der Waals surface area contributed by atoms with E-state index >= 15 is 0 Å². The normalized spacial score (nSPS) is 22.4. The predicted octanol–water partition coefficient (Wildman–Crippen LogP) is 3.60. The maximum Gasteiger partial charge on any atom is 0.330 e. The third-order valence-corrected chi connectivity index (χ3v) is 5.62. The van der Waals surface area contributed by atoms with Crippen LogP contribution in [0.25, 0.3) is 10.9 Å². The Labute approximate surface area is 161 Å². The molecule has 146 valence electrons. The van der Waals surface area contributed by atoms with Gasteiger partial charge in [0.2, 0.25) is 0 Å². The summed E-state index contributed by atoms with van der Waals surface area (Å²) in [6.45, 7) is 5.41. The molecule has 1 fully saturated rings. The van der Waals surface area contributed by atoms with Gasteiger partial charge in [0.1, 0.15) is 0 Å². The summed E-state index contributed by atoms with van der Waals surface area (Å²) in [5.41, 5.74) is 4.58. The molecule has 2 N–H and O–H groups in total. The molecule has 0 saturated carbocycles. The topological polar surface area (TPSA) is 65.6 Å². The van der Waals surface area contributed by atoms with Gasteiger partial charge in [-0.25, -0.2) is 4.79 Å². The second kappa shape index (κ2) is 8.72. The molecule has 5 nitrogen and oxygen atoms in total. The van der Waals surface area contributed by atoms with Gasteiger partial charge < -0.3 is 14.8 Å². The maximum atomic E-state index is 12.1. The van der Waals surface area contributed by atoms with Gasteiger partial charge in [0.15, 0.2) is 0 Å². The number of hydrogen-bond donors (Lipinski definition) is 2. The van der Waals surface area contributed by atoms with Crippen LogP contribution < -0.4 is 0 Å². The number of benzene rings is 1. The molecule has 0 spiro atoms. The molecule has 2 atom stereocenters. The Bertz CT molecular complexity index is 824. The predicted molar refractivity (Wildman–Crippen MR) is 108 cm³/mol. The molecular weight excluding hydrogens is 340 g/mol. The van der Waals surface area contributed by atoms with Gasteiger partial charge in [0, 0.05) is 35.8 Å². The van der Waals surface area contributed by atoms with Crippen LogP contribution in [0.3, 0.4) is 0 Å². The number of nitrogens with one attached hydrogen (secondary N) is 1. The van der Waals surface area contributed by atoms with Crippen molar-refractivity contribution in [1.29, 1.82) is 0 Å². The lowest BCUT2D eigenvalue weighted by Gasteiger charge is -2.39. The lowest BCUT2D eigenvalue weighted by molar-refractivity contribution is -0.137. The summed E-state index contributed by atoms with van der Waals surface area (Å²) in [4.78, 5) is 18.0. The van der Waals surface area contributed by atoms with Crippen molar-refractivity contribution in [2.75, 3.05) is 26.8 Å². The molecule has 0 radical (unpaired) electrons. The van der Waals surface area contributed by atoms with Crippen LogP contribution in [0.1, 0.15) is 44.0 Å². The molecule has 1 saturated heterocycles. The number of likely N-dealkylation sites (tertiary alicyclic amines) is 1. The second-order valence-electron chi connectivity index (χ2n) is 7.27. The Morgan fingerprint density at radius 3 is 2.85 bits per heavy atom. The van der Waals surface area contributed by atoms with Crippen LogP contribution >= 0.6 is 0 Å². The minimum absolute atomic E-state index is 0.119. The molecule has 0 amide bonds. The van der Waals surface area contributed by atoms with E-state index in [0.717, 1.165) is 36.2 Å². The number of piperidine rings is 1. The number of esters is 1. The molecule has 27 heavy (non-hydrogen) atoms. The van der Waals surface area contributed by atoms with Gasteiger partial charge in [-0.2, -0.15) is 0 Å². The van der Waals surface area contributed by atoms with E-state index in [4.69, 9.17) is 4.74 Å². The van der Waals surface area contributed by atoms with E-state index in [9.17, 15) is 9.90 Å². The summed E-state index contributed by atoms with van der Waals surface area (Å²) >= 11 is 0. The highest BCUT2D eigenvalue weighted by Crippen LogP contribution is 2.39. The van der Waals surface area contributed by atoms with Gasteiger partial charge >= 0.3 is 5.97 Å². The number of carbonyl (C=O) groups excluding carboxylic acids is 1. The number of nitrogens with zero attached hydrogens (tertiary/aromatic N) is 1. The van der Waals surface area contributed by atoms with Crippen LogP contribution in [0.4, 0.5) is 0 Å². The van der Waals surface area contributed by atoms with E-state index in [2.05, 4.69) is 36.0 Å². The Hall–Kier alpha value is -2.11. The molecular formula is C22H30N2O3. The van der Waals surface area contributed by atoms with Gasteiger partial charge in [-0.3, -0.25) is 4.90 Å². The first-order valence-corrected chi connectivity index (χ1v) is 9.86. The average molecular weight is 370 g/mol.